The zero-order valence-electron chi connectivity index (χ0n) is 10.7. The highest BCUT2D eigenvalue weighted by Gasteiger charge is 2.21. The first-order chi connectivity index (χ1) is 8.29. The molecule has 2 atom stereocenters. The first kappa shape index (κ1) is 12.4. The van der Waals surface area contributed by atoms with Gasteiger partial charge in [0.05, 0.1) is 6.61 Å². The van der Waals surface area contributed by atoms with Crippen LogP contribution < -0.4 is 10.5 Å². The molecule has 0 amide bonds. The van der Waals surface area contributed by atoms with Gasteiger partial charge in [0.25, 0.3) is 0 Å². The fourth-order valence-electron chi connectivity index (χ4n) is 2.68. The van der Waals surface area contributed by atoms with Gasteiger partial charge in [-0.25, -0.2) is 0 Å². The lowest BCUT2D eigenvalue weighted by atomic mass is 9.81. The molecule has 2 N–H and O–H groups in total. The number of benzene rings is 1. The minimum atomic E-state index is 0.398. The van der Waals surface area contributed by atoms with Crippen molar-refractivity contribution in [2.45, 2.75) is 45.1 Å². The van der Waals surface area contributed by atoms with Crippen molar-refractivity contribution >= 4 is 0 Å². The van der Waals surface area contributed by atoms with Crippen LogP contribution in [-0.4, -0.2) is 12.6 Å². The van der Waals surface area contributed by atoms with E-state index in [0.29, 0.717) is 12.0 Å². The number of hydrogen-bond acceptors (Lipinski definition) is 2. The minimum absolute atomic E-state index is 0.398. The lowest BCUT2D eigenvalue weighted by Crippen LogP contribution is -2.34. The smallest absolute Gasteiger partial charge is 0.119 e. The van der Waals surface area contributed by atoms with Gasteiger partial charge in [0.2, 0.25) is 0 Å². The number of hydrogen-bond donors (Lipinski definition) is 1. The van der Waals surface area contributed by atoms with Crippen molar-refractivity contribution in [3.05, 3.63) is 29.8 Å². The largest absolute Gasteiger partial charge is 0.494 e. The third-order valence-corrected chi connectivity index (χ3v) is 3.70. The Hall–Kier alpha value is -1.02. The van der Waals surface area contributed by atoms with Crippen LogP contribution in [0, 0.1) is 5.92 Å². The van der Waals surface area contributed by atoms with Crippen LogP contribution in [0.5, 0.6) is 5.75 Å². The zero-order chi connectivity index (χ0) is 12.1. The number of ether oxygens (including phenoxy) is 1. The van der Waals surface area contributed by atoms with Gasteiger partial charge in [-0.1, -0.05) is 25.0 Å². The first-order valence-electron chi connectivity index (χ1n) is 6.77. The molecule has 2 rings (SSSR count). The summed E-state index contributed by atoms with van der Waals surface area (Å²) in [5.41, 5.74) is 7.56. The van der Waals surface area contributed by atoms with Crippen molar-refractivity contribution in [2.24, 2.45) is 11.7 Å². The monoisotopic (exact) mass is 233 g/mol. The zero-order valence-corrected chi connectivity index (χ0v) is 10.7. The van der Waals surface area contributed by atoms with Crippen LogP contribution in [0.2, 0.25) is 0 Å². The highest BCUT2D eigenvalue weighted by molar-refractivity contribution is 5.27. The van der Waals surface area contributed by atoms with Crippen LogP contribution in [0.4, 0.5) is 0 Å². The standard InChI is InChI=1S/C15H23NO/c1-2-17-14-9-7-12(8-10-14)11-13-5-3-4-6-15(13)16/h7-10,13,15H,2-6,11,16H2,1H3. The number of rotatable bonds is 4. The van der Waals surface area contributed by atoms with Gasteiger partial charge in [-0.05, 0) is 49.8 Å². The molecule has 1 aliphatic rings. The van der Waals surface area contributed by atoms with Gasteiger partial charge in [-0.3, -0.25) is 0 Å². The lowest BCUT2D eigenvalue weighted by Gasteiger charge is -2.28. The fourth-order valence-corrected chi connectivity index (χ4v) is 2.68. The molecule has 94 valence electrons. The summed E-state index contributed by atoms with van der Waals surface area (Å²) in [5.74, 6) is 1.63. The maximum absolute atomic E-state index is 6.18. The van der Waals surface area contributed by atoms with E-state index in [-0.39, 0.29) is 0 Å². The van der Waals surface area contributed by atoms with Crippen LogP contribution in [0.3, 0.4) is 0 Å². The first-order valence-corrected chi connectivity index (χ1v) is 6.77. The van der Waals surface area contributed by atoms with Gasteiger partial charge in [0.1, 0.15) is 5.75 Å². The van der Waals surface area contributed by atoms with E-state index in [1.54, 1.807) is 0 Å². The van der Waals surface area contributed by atoms with Gasteiger partial charge in [0, 0.05) is 6.04 Å². The molecule has 1 fully saturated rings. The molecule has 0 aliphatic heterocycles. The predicted molar refractivity (Wildman–Crippen MR) is 71.2 cm³/mol. The second-order valence-corrected chi connectivity index (χ2v) is 4.99. The van der Waals surface area contributed by atoms with Gasteiger partial charge >= 0.3 is 0 Å². The highest BCUT2D eigenvalue weighted by atomic mass is 16.5. The van der Waals surface area contributed by atoms with Crippen molar-refractivity contribution in [2.75, 3.05) is 6.61 Å². The van der Waals surface area contributed by atoms with Crippen molar-refractivity contribution in [1.82, 2.24) is 0 Å². The normalized spacial score (nSPS) is 24.6. The summed E-state index contributed by atoms with van der Waals surface area (Å²) >= 11 is 0. The molecule has 17 heavy (non-hydrogen) atoms. The summed E-state index contributed by atoms with van der Waals surface area (Å²) in [6.07, 6.45) is 6.25. The van der Waals surface area contributed by atoms with E-state index in [2.05, 4.69) is 24.3 Å². The Kier molecular flexibility index (Phi) is 4.43. The summed E-state index contributed by atoms with van der Waals surface area (Å²) in [4.78, 5) is 0. The van der Waals surface area contributed by atoms with E-state index in [1.807, 2.05) is 6.92 Å². The lowest BCUT2D eigenvalue weighted by molar-refractivity contribution is 0.306. The summed E-state index contributed by atoms with van der Waals surface area (Å²) in [6.45, 7) is 2.74. The third kappa shape index (κ3) is 3.47. The van der Waals surface area contributed by atoms with Crippen LogP contribution >= 0.6 is 0 Å². The highest BCUT2D eigenvalue weighted by Crippen LogP contribution is 2.26. The van der Waals surface area contributed by atoms with Gasteiger partial charge in [-0.15, -0.1) is 0 Å². The molecule has 1 aliphatic carbocycles. The molecular weight excluding hydrogens is 210 g/mol. The molecule has 1 aromatic rings. The van der Waals surface area contributed by atoms with Crippen LogP contribution in [0.1, 0.15) is 38.2 Å². The summed E-state index contributed by atoms with van der Waals surface area (Å²) in [5, 5.41) is 0. The maximum Gasteiger partial charge on any atom is 0.119 e. The average Bonchev–Trinajstić information content (AvgIpc) is 2.35. The molecule has 2 heteroatoms. The van der Waals surface area contributed by atoms with Gasteiger partial charge in [0.15, 0.2) is 0 Å². The molecule has 0 heterocycles. The van der Waals surface area contributed by atoms with Crippen molar-refractivity contribution in [1.29, 1.82) is 0 Å². The molecule has 0 bridgehead atoms. The average molecular weight is 233 g/mol. The Balaban J connectivity index is 1.93. The third-order valence-electron chi connectivity index (χ3n) is 3.70. The molecule has 0 aromatic heterocycles. The molecule has 0 saturated heterocycles. The summed E-state index contributed by atoms with van der Waals surface area (Å²) < 4.78 is 5.45. The Morgan fingerprint density at radius 3 is 2.53 bits per heavy atom. The van der Waals surface area contributed by atoms with Gasteiger partial charge < -0.3 is 10.5 Å². The second-order valence-electron chi connectivity index (χ2n) is 4.99. The minimum Gasteiger partial charge on any atom is -0.494 e. The topological polar surface area (TPSA) is 35.2 Å². The Morgan fingerprint density at radius 1 is 1.18 bits per heavy atom. The van der Waals surface area contributed by atoms with E-state index < -0.39 is 0 Å². The van der Waals surface area contributed by atoms with Crippen LogP contribution in [-0.2, 0) is 6.42 Å². The molecule has 2 nitrogen and oxygen atoms in total. The Morgan fingerprint density at radius 2 is 1.88 bits per heavy atom. The summed E-state index contributed by atoms with van der Waals surface area (Å²) in [6, 6.07) is 8.87. The van der Waals surface area contributed by atoms with Crippen LogP contribution in [0.25, 0.3) is 0 Å². The predicted octanol–water partition coefficient (Wildman–Crippen LogP) is 3.15. The van der Waals surface area contributed by atoms with E-state index in [0.717, 1.165) is 18.8 Å². The fraction of sp³-hybridized carbons (Fsp3) is 0.600. The maximum atomic E-state index is 6.18. The van der Waals surface area contributed by atoms with Crippen molar-refractivity contribution < 1.29 is 4.74 Å². The number of nitrogens with two attached hydrogens (primary N) is 1. The van der Waals surface area contributed by atoms with E-state index in [1.165, 1.54) is 31.2 Å². The molecule has 0 radical (unpaired) electrons. The van der Waals surface area contributed by atoms with E-state index in [4.69, 9.17) is 10.5 Å². The molecule has 0 spiro atoms. The molecule has 1 saturated carbocycles. The molecular formula is C15H23NO. The quantitative estimate of drug-likeness (QED) is 0.867. The Labute approximate surface area is 104 Å². The molecule has 2 unspecified atom stereocenters. The van der Waals surface area contributed by atoms with Crippen LogP contribution in [0.15, 0.2) is 24.3 Å². The Bertz CT molecular complexity index is 333. The SMILES string of the molecule is CCOc1ccc(CC2CCCCC2N)cc1. The second kappa shape index (κ2) is 6.06. The van der Waals surface area contributed by atoms with Crippen molar-refractivity contribution in [3.63, 3.8) is 0 Å². The van der Waals surface area contributed by atoms with Gasteiger partial charge in [-0.2, -0.15) is 0 Å². The molecule has 1 aromatic carbocycles. The van der Waals surface area contributed by atoms with E-state index in [9.17, 15) is 0 Å². The van der Waals surface area contributed by atoms with E-state index >= 15 is 0 Å². The summed E-state index contributed by atoms with van der Waals surface area (Å²) in [7, 11) is 0. The van der Waals surface area contributed by atoms with Crippen molar-refractivity contribution in [3.8, 4) is 5.75 Å².